The molecule has 0 radical (unpaired) electrons. The van der Waals surface area contributed by atoms with E-state index in [1.54, 1.807) is 25.3 Å². The standard InChI is InChI=1S/C21H22FNO2/c1-25-17-11-8-16(9-12-17)10-13-20(24)23-21(14-4-5-15-21)18-6-2-3-7-19(18)22/h2-3,6-13H,4-5,14-15H2,1H3,(H,23,24)/b13-10+. The van der Waals surface area contributed by atoms with Gasteiger partial charge in [-0.05, 0) is 42.7 Å². The van der Waals surface area contributed by atoms with E-state index in [0.717, 1.165) is 37.0 Å². The van der Waals surface area contributed by atoms with E-state index in [9.17, 15) is 9.18 Å². The second-order valence-electron chi connectivity index (χ2n) is 6.36. The number of carbonyl (C=O) groups is 1. The van der Waals surface area contributed by atoms with Crippen LogP contribution in [0.2, 0.25) is 0 Å². The Labute approximate surface area is 147 Å². The topological polar surface area (TPSA) is 38.3 Å². The van der Waals surface area contributed by atoms with Gasteiger partial charge in [0.1, 0.15) is 11.6 Å². The minimum absolute atomic E-state index is 0.207. The molecule has 0 saturated heterocycles. The molecular weight excluding hydrogens is 317 g/mol. The van der Waals surface area contributed by atoms with Crippen molar-refractivity contribution in [2.45, 2.75) is 31.2 Å². The third-order valence-electron chi connectivity index (χ3n) is 4.75. The first kappa shape index (κ1) is 17.2. The van der Waals surface area contributed by atoms with Crippen molar-refractivity contribution >= 4 is 12.0 Å². The molecule has 2 aromatic carbocycles. The van der Waals surface area contributed by atoms with Gasteiger partial charge in [0.25, 0.3) is 0 Å². The van der Waals surface area contributed by atoms with E-state index in [2.05, 4.69) is 5.32 Å². The molecule has 130 valence electrons. The van der Waals surface area contributed by atoms with Gasteiger partial charge in [-0.15, -0.1) is 0 Å². The summed E-state index contributed by atoms with van der Waals surface area (Å²) in [6, 6.07) is 14.2. The van der Waals surface area contributed by atoms with Crippen molar-refractivity contribution in [3.8, 4) is 5.75 Å². The quantitative estimate of drug-likeness (QED) is 0.818. The number of nitrogens with one attached hydrogen (secondary N) is 1. The molecule has 1 amide bonds. The fraction of sp³-hybridized carbons (Fsp3) is 0.286. The van der Waals surface area contributed by atoms with Crippen molar-refractivity contribution in [1.29, 1.82) is 0 Å². The van der Waals surface area contributed by atoms with Crippen LogP contribution in [0.5, 0.6) is 5.75 Å². The van der Waals surface area contributed by atoms with Gasteiger partial charge in [-0.25, -0.2) is 4.39 Å². The van der Waals surface area contributed by atoms with Crippen LogP contribution in [0.15, 0.2) is 54.6 Å². The van der Waals surface area contributed by atoms with E-state index in [1.807, 2.05) is 30.3 Å². The van der Waals surface area contributed by atoms with Crippen LogP contribution >= 0.6 is 0 Å². The molecule has 0 aromatic heterocycles. The average Bonchev–Trinajstić information content (AvgIpc) is 3.10. The number of halogens is 1. The lowest BCUT2D eigenvalue weighted by atomic mass is 9.87. The highest BCUT2D eigenvalue weighted by atomic mass is 19.1. The van der Waals surface area contributed by atoms with Gasteiger partial charge in [-0.1, -0.05) is 43.2 Å². The van der Waals surface area contributed by atoms with Crippen LogP contribution in [0.25, 0.3) is 6.08 Å². The molecule has 0 atom stereocenters. The van der Waals surface area contributed by atoms with Gasteiger partial charge in [0, 0.05) is 11.6 Å². The summed E-state index contributed by atoms with van der Waals surface area (Å²) >= 11 is 0. The number of hydrogen-bond donors (Lipinski definition) is 1. The second-order valence-corrected chi connectivity index (χ2v) is 6.36. The maximum atomic E-state index is 14.3. The summed E-state index contributed by atoms with van der Waals surface area (Å²) in [5, 5.41) is 3.05. The Morgan fingerprint density at radius 2 is 1.80 bits per heavy atom. The molecule has 1 saturated carbocycles. The Morgan fingerprint density at radius 1 is 1.12 bits per heavy atom. The molecule has 0 aliphatic heterocycles. The molecule has 2 aromatic rings. The monoisotopic (exact) mass is 339 g/mol. The lowest BCUT2D eigenvalue weighted by Gasteiger charge is -2.31. The molecule has 0 heterocycles. The Kier molecular flexibility index (Phi) is 5.17. The molecule has 1 aliphatic carbocycles. The maximum absolute atomic E-state index is 14.3. The van der Waals surface area contributed by atoms with E-state index in [4.69, 9.17) is 4.74 Å². The predicted octanol–water partition coefficient (Wildman–Crippen LogP) is 4.43. The lowest BCUT2D eigenvalue weighted by molar-refractivity contribution is -0.118. The largest absolute Gasteiger partial charge is 0.497 e. The third-order valence-corrected chi connectivity index (χ3v) is 4.75. The zero-order valence-corrected chi connectivity index (χ0v) is 14.3. The highest BCUT2D eigenvalue weighted by molar-refractivity contribution is 5.92. The summed E-state index contributed by atoms with van der Waals surface area (Å²) in [7, 11) is 1.61. The average molecular weight is 339 g/mol. The number of hydrogen-bond acceptors (Lipinski definition) is 2. The first-order valence-electron chi connectivity index (χ1n) is 8.52. The number of methoxy groups -OCH3 is 1. The highest BCUT2D eigenvalue weighted by Crippen LogP contribution is 2.39. The van der Waals surface area contributed by atoms with Gasteiger partial charge in [0.2, 0.25) is 5.91 Å². The normalized spacial score (nSPS) is 16.1. The number of benzene rings is 2. The van der Waals surface area contributed by atoms with Gasteiger partial charge in [0.05, 0.1) is 12.6 Å². The number of amides is 1. The van der Waals surface area contributed by atoms with Gasteiger partial charge >= 0.3 is 0 Å². The van der Waals surface area contributed by atoms with Crippen LogP contribution in [0, 0.1) is 5.82 Å². The van der Waals surface area contributed by atoms with Crippen LogP contribution in [0.3, 0.4) is 0 Å². The second kappa shape index (κ2) is 7.51. The van der Waals surface area contributed by atoms with Crippen LogP contribution in [-0.4, -0.2) is 13.0 Å². The van der Waals surface area contributed by atoms with E-state index in [1.165, 1.54) is 12.1 Å². The highest BCUT2D eigenvalue weighted by Gasteiger charge is 2.38. The zero-order valence-electron chi connectivity index (χ0n) is 14.3. The Hall–Kier alpha value is -2.62. The summed E-state index contributed by atoms with van der Waals surface area (Å²) in [6.07, 6.45) is 6.74. The van der Waals surface area contributed by atoms with Crippen LogP contribution in [-0.2, 0) is 10.3 Å². The molecule has 0 spiro atoms. The SMILES string of the molecule is COc1ccc(/C=C/C(=O)NC2(c3ccccc3F)CCCC2)cc1. The van der Waals surface area contributed by atoms with Gasteiger partial charge in [0.15, 0.2) is 0 Å². The number of rotatable bonds is 5. The Balaban J connectivity index is 1.75. The molecule has 25 heavy (non-hydrogen) atoms. The summed E-state index contributed by atoms with van der Waals surface area (Å²) in [4.78, 5) is 12.4. The van der Waals surface area contributed by atoms with Gasteiger partial charge < -0.3 is 10.1 Å². The molecule has 1 fully saturated rings. The number of ether oxygens (including phenoxy) is 1. The Morgan fingerprint density at radius 3 is 2.44 bits per heavy atom. The zero-order chi connectivity index (χ0) is 17.7. The third kappa shape index (κ3) is 3.90. The predicted molar refractivity (Wildman–Crippen MR) is 96.7 cm³/mol. The summed E-state index contributed by atoms with van der Waals surface area (Å²) in [5.41, 5.74) is 0.883. The molecule has 4 heteroatoms. The van der Waals surface area contributed by atoms with Crippen molar-refractivity contribution < 1.29 is 13.9 Å². The molecule has 1 N–H and O–H groups in total. The van der Waals surface area contributed by atoms with Crippen LogP contribution in [0.1, 0.15) is 36.8 Å². The number of carbonyl (C=O) groups excluding carboxylic acids is 1. The maximum Gasteiger partial charge on any atom is 0.244 e. The van der Waals surface area contributed by atoms with E-state index in [0.29, 0.717) is 5.56 Å². The first-order valence-corrected chi connectivity index (χ1v) is 8.52. The van der Waals surface area contributed by atoms with Gasteiger partial charge in [-0.3, -0.25) is 4.79 Å². The van der Waals surface area contributed by atoms with Crippen molar-refractivity contribution in [2.75, 3.05) is 7.11 Å². The van der Waals surface area contributed by atoms with Crippen molar-refractivity contribution in [2.24, 2.45) is 0 Å². The Bertz CT molecular complexity index is 762. The molecule has 3 nitrogen and oxygen atoms in total. The molecule has 0 unspecified atom stereocenters. The molecule has 0 bridgehead atoms. The minimum Gasteiger partial charge on any atom is -0.497 e. The molecule has 1 aliphatic rings. The fourth-order valence-corrected chi connectivity index (χ4v) is 3.45. The van der Waals surface area contributed by atoms with Crippen LogP contribution in [0.4, 0.5) is 4.39 Å². The summed E-state index contributed by atoms with van der Waals surface area (Å²) in [6.45, 7) is 0. The molecule has 3 rings (SSSR count). The van der Waals surface area contributed by atoms with E-state index < -0.39 is 5.54 Å². The van der Waals surface area contributed by atoms with E-state index in [-0.39, 0.29) is 11.7 Å². The fourth-order valence-electron chi connectivity index (χ4n) is 3.45. The van der Waals surface area contributed by atoms with E-state index >= 15 is 0 Å². The van der Waals surface area contributed by atoms with Crippen LogP contribution < -0.4 is 10.1 Å². The lowest BCUT2D eigenvalue weighted by Crippen LogP contribution is -2.43. The summed E-state index contributed by atoms with van der Waals surface area (Å²) < 4.78 is 19.4. The first-order chi connectivity index (χ1) is 12.1. The molecular formula is C21H22FNO2. The van der Waals surface area contributed by atoms with Crippen molar-refractivity contribution in [3.63, 3.8) is 0 Å². The van der Waals surface area contributed by atoms with Gasteiger partial charge in [-0.2, -0.15) is 0 Å². The van der Waals surface area contributed by atoms with Crippen molar-refractivity contribution in [1.82, 2.24) is 5.32 Å². The minimum atomic E-state index is -0.604. The smallest absolute Gasteiger partial charge is 0.244 e. The summed E-state index contributed by atoms with van der Waals surface area (Å²) in [5.74, 6) is 0.302. The van der Waals surface area contributed by atoms with Crippen molar-refractivity contribution in [3.05, 3.63) is 71.6 Å².